The highest BCUT2D eigenvalue weighted by Crippen LogP contribution is 2.27. The number of rotatable bonds is 5. The molecule has 2 amide bonds. The first kappa shape index (κ1) is 15.5. The Morgan fingerprint density at radius 3 is 2.90 bits per heavy atom. The first-order valence-corrected chi connectivity index (χ1v) is 7.28. The van der Waals surface area contributed by atoms with Crippen LogP contribution in [0.15, 0.2) is 24.3 Å². The summed E-state index contributed by atoms with van der Waals surface area (Å²) in [5.41, 5.74) is 1.99. The number of hydrogen-bond donors (Lipinski definition) is 2. The molecule has 5 nitrogen and oxygen atoms in total. The molecule has 2 N–H and O–H groups in total. The van der Waals surface area contributed by atoms with Gasteiger partial charge in [-0.15, -0.1) is 0 Å². The van der Waals surface area contributed by atoms with Crippen LogP contribution in [0.25, 0.3) is 0 Å². The third-order valence-electron chi connectivity index (χ3n) is 4.14. The average Bonchev–Trinajstić information content (AvgIpc) is 2.50. The van der Waals surface area contributed by atoms with Crippen molar-refractivity contribution in [2.45, 2.75) is 32.2 Å². The average molecular weight is 290 g/mol. The lowest BCUT2D eigenvalue weighted by molar-refractivity contribution is -0.133. The molecule has 1 aliphatic heterocycles. The zero-order chi connectivity index (χ0) is 15.4. The Morgan fingerprint density at radius 2 is 2.19 bits per heavy atom. The van der Waals surface area contributed by atoms with E-state index < -0.39 is 0 Å². The summed E-state index contributed by atoms with van der Waals surface area (Å²) >= 11 is 0. The van der Waals surface area contributed by atoms with Gasteiger partial charge >= 0.3 is 0 Å². The maximum atomic E-state index is 12.1. The van der Waals surface area contributed by atoms with Crippen LogP contribution in [0, 0.1) is 5.92 Å². The fraction of sp³-hybridized carbons (Fsp3) is 0.500. The van der Waals surface area contributed by atoms with E-state index in [2.05, 4.69) is 5.32 Å². The number of aliphatic hydroxyl groups excluding tert-OH is 1. The Kier molecular flexibility index (Phi) is 4.96. The largest absolute Gasteiger partial charge is 0.394 e. The van der Waals surface area contributed by atoms with Crippen molar-refractivity contribution in [2.24, 2.45) is 5.92 Å². The summed E-state index contributed by atoms with van der Waals surface area (Å²) in [5, 5.41) is 12.0. The Balaban J connectivity index is 1.92. The third kappa shape index (κ3) is 3.61. The number of aliphatic hydroxyl groups is 1. The third-order valence-corrected chi connectivity index (χ3v) is 4.14. The molecule has 0 aliphatic carbocycles. The van der Waals surface area contributed by atoms with Gasteiger partial charge in [-0.1, -0.05) is 18.2 Å². The minimum atomic E-state index is -0.196. The van der Waals surface area contributed by atoms with E-state index in [9.17, 15) is 9.59 Å². The number of carbonyl (C=O) groups excluding carboxylic acids is 2. The predicted octanol–water partition coefficient (Wildman–Crippen LogP) is 1.42. The van der Waals surface area contributed by atoms with Gasteiger partial charge in [-0.2, -0.15) is 0 Å². The number of benzene rings is 1. The zero-order valence-electron chi connectivity index (χ0n) is 12.5. The minimum absolute atomic E-state index is 0.0145. The van der Waals surface area contributed by atoms with Crippen LogP contribution in [0.1, 0.15) is 25.3 Å². The quantitative estimate of drug-likeness (QED) is 0.861. The normalized spacial score (nSPS) is 18.6. The molecule has 2 atom stereocenters. The molecule has 1 aliphatic rings. The van der Waals surface area contributed by atoms with Crippen LogP contribution in [0.2, 0.25) is 0 Å². The van der Waals surface area contributed by atoms with Gasteiger partial charge in [0.2, 0.25) is 11.8 Å². The van der Waals surface area contributed by atoms with Crippen molar-refractivity contribution in [3.63, 3.8) is 0 Å². The van der Waals surface area contributed by atoms with Gasteiger partial charge in [-0.05, 0) is 31.4 Å². The van der Waals surface area contributed by atoms with Crippen LogP contribution in [0.4, 0.5) is 5.69 Å². The Bertz CT molecular complexity index is 530. The van der Waals surface area contributed by atoms with E-state index in [1.165, 1.54) is 4.90 Å². The molecule has 5 heteroatoms. The summed E-state index contributed by atoms with van der Waals surface area (Å²) in [5.74, 6) is -0.218. The van der Waals surface area contributed by atoms with E-state index in [4.69, 9.17) is 5.11 Å². The SMILES string of the molecule is CC(CO)N(C)C(=O)CCC1Cc2ccccc2NC1=O. The van der Waals surface area contributed by atoms with Gasteiger partial charge < -0.3 is 15.3 Å². The maximum Gasteiger partial charge on any atom is 0.227 e. The van der Waals surface area contributed by atoms with E-state index in [1.54, 1.807) is 14.0 Å². The second-order valence-corrected chi connectivity index (χ2v) is 5.62. The predicted molar refractivity (Wildman–Crippen MR) is 80.8 cm³/mol. The second kappa shape index (κ2) is 6.72. The van der Waals surface area contributed by atoms with Crippen LogP contribution < -0.4 is 5.32 Å². The molecule has 0 aromatic heterocycles. The van der Waals surface area contributed by atoms with Gasteiger partial charge in [-0.3, -0.25) is 9.59 Å². The molecule has 0 spiro atoms. The number of likely N-dealkylation sites (N-methyl/N-ethyl adjacent to an activating group) is 1. The molecule has 2 rings (SSSR count). The van der Waals surface area contributed by atoms with Crippen LogP contribution in [-0.2, 0) is 16.0 Å². The fourth-order valence-corrected chi connectivity index (χ4v) is 2.49. The summed E-state index contributed by atoms with van der Waals surface area (Å²) in [6, 6.07) is 7.55. The molecule has 1 aromatic carbocycles. The van der Waals surface area contributed by atoms with Crippen LogP contribution in [0.5, 0.6) is 0 Å². The summed E-state index contributed by atoms with van der Waals surface area (Å²) in [6.07, 6.45) is 1.52. The molecular weight excluding hydrogens is 268 g/mol. The molecule has 1 heterocycles. The molecule has 0 bridgehead atoms. The summed E-state index contributed by atoms with van der Waals surface area (Å²) < 4.78 is 0. The molecular formula is C16H22N2O3. The number of anilines is 1. The number of para-hydroxylation sites is 1. The Hall–Kier alpha value is -1.88. The molecule has 21 heavy (non-hydrogen) atoms. The highest BCUT2D eigenvalue weighted by molar-refractivity contribution is 5.96. The fourth-order valence-electron chi connectivity index (χ4n) is 2.49. The van der Waals surface area contributed by atoms with E-state index in [1.807, 2.05) is 24.3 Å². The Morgan fingerprint density at radius 1 is 1.48 bits per heavy atom. The minimum Gasteiger partial charge on any atom is -0.394 e. The molecule has 1 aromatic rings. The molecule has 114 valence electrons. The first-order chi connectivity index (χ1) is 10.0. The van der Waals surface area contributed by atoms with Crippen molar-refractivity contribution in [1.82, 2.24) is 4.90 Å². The molecule has 0 radical (unpaired) electrons. The van der Waals surface area contributed by atoms with E-state index >= 15 is 0 Å². The molecule has 2 unspecified atom stereocenters. The molecule has 0 fully saturated rings. The standard InChI is InChI=1S/C16H22N2O3/c1-11(10-19)18(2)15(20)8-7-13-9-12-5-3-4-6-14(12)17-16(13)21/h3-6,11,13,19H,7-10H2,1-2H3,(H,17,21). The lowest BCUT2D eigenvalue weighted by atomic mass is 9.89. The topological polar surface area (TPSA) is 69.6 Å². The highest BCUT2D eigenvalue weighted by Gasteiger charge is 2.27. The lowest BCUT2D eigenvalue weighted by Crippen LogP contribution is -2.38. The van der Waals surface area contributed by atoms with Crippen LogP contribution >= 0.6 is 0 Å². The number of carbonyl (C=O) groups is 2. The van der Waals surface area contributed by atoms with Crippen LogP contribution in [0.3, 0.4) is 0 Å². The summed E-state index contributed by atoms with van der Waals surface area (Å²) in [6.45, 7) is 1.74. The van der Waals surface area contributed by atoms with Gasteiger partial charge in [0.25, 0.3) is 0 Å². The van der Waals surface area contributed by atoms with E-state index in [0.29, 0.717) is 19.3 Å². The Labute approximate surface area is 125 Å². The summed E-state index contributed by atoms with van der Waals surface area (Å²) in [7, 11) is 1.68. The monoisotopic (exact) mass is 290 g/mol. The van der Waals surface area contributed by atoms with Crippen molar-refractivity contribution < 1.29 is 14.7 Å². The van der Waals surface area contributed by atoms with Gasteiger partial charge in [0.1, 0.15) is 0 Å². The van der Waals surface area contributed by atoms with Gasteiger partial charge in [0, 0.05) is 25.1 Å². The van der Waals surface area contributed by atoms with Crippen molar-refractivity contribution in [3.05, 3.63) is 29.8 Å². The number of nitrogens with one attached hydrogen (secondary N) is 1. The van der Waals surface area contributed by atoms with Crippen molar-refractivity contribution in [3.8, 4) is 0 Å². The first-order valence-electron chi connectivity index (χ1n) is 7.28. The summed E-state index contributed by atoms with van der Waals surface area (Å²) in [4.78, 5) is 25.6. The smallest absolute Gasteiger partial charge is 0.227 e. The van der Waals surface area contributed by atoms with E-state index in [0.717, 1.165) is 11.3 Å². The number of amides is 2. The maximum absolute atomic E-state index is 12.1. The van der Waals surface area contributed by atoms with Crippen molar-refractivity contribution >= 4 is 17.5 Å². The number of nitrogens with zero attached hydrogens (tertiary/aromatic N) is 1. The lowest BCUT2D eigenvalue weighted by Gasteiger charge is -2.26. The van der Waals surface area contributed by atoms with Crippen molar-refractivity contribution in [1.29, 1.82) is 0 Å². The molecule has 0 saturated heterocycles. The van der Waals surface area contributed by atoms with E-state index in [-0.39, 0.29) is 30.4 Å². The van der Waals surface area contributed by atoms with Gasteiger partial charge in [0.05, 0.1) is 12.6 Å². The number of hydrogen-bond acceptors (Lipinski definition) is 3. The highest BCUT2D eigenvalue weighted by atomic mass is 16.3. The van der Waals surface area contributed by atoms with Crippen LogP contribution in [-0.4, -0.2) is 41.5 Å². The van der Waals surface area contributed by atoms with Crippen molar-refractivity contribution in [2.75, 3.05) is 19.0 Å². The van der Waals surface area contributed by atoms with Gasteiger partial charge in [0.15, 0.2) is 0 Å². The number of fused-ring (bicyclic) bond motifs is 1. The van der Waals surface area contributed by atoms with Gasteiger partial charge in [-0.25, -0.2) is 0 Å². The molecule has 0 saturated carbocycles. The zero-order valence-corrected chi connectivity index (χ0v) is 12.5. The second-order valence-electron chi connectivity index (χ2n) is 5.62.